The quantitative estimate of drug-likeness (QED) is 0.504. The van der Waals surface area contributed by atoms with Gasteiger partial charge in [-0.15, -0.1) is 5.92 Å². The predicted molar refractivity (Wildman–Crippen MR) is 120 cm³/mol. The molecule has 0 aromatic heterocycles. The predicted octanol–water partition coefficient (Wildman–Crippen LogP) is 4.77. The van der Waals surface area contributed by atoms with Crippen LogP contribution in [0.5, 0.6) is 11.5 Å². The van der Waals surface area contributed by atoms with Crippen molar-refractivity contribution in [1.29, 1.82) is 0 Å². The van der Waals surface area contributed by atoms with Gasteiger partial charge in [-0.05, 0) is 69.1 Å². The largest absolute Gasteiger partial charge is 0.504 e. The molecule has 0 radical (unpaired) electrons. The van der Waals surface area contributed by atoms with E-state index in [-0.39, 0.29) is 23.7 Å². The van der Waals surface area contributed by atoms with Crippen LogP contribution in [0.3, 0.4) is 0 Å². The summed E-state index contributed by atoms with van der Waals surface area (Å²) in [7, 11) is 0. The van der Waals surface area contributed by atoms with E-state index in [1.54, 1.807) is 6.07 Å². The first-order valence-corrected chi connectivity index (χ1v) is 11.8. The third-order valence-electron chi connectivity index (χ3n) is 6.48. The van der Waals surface area contributed by atoms with Crippen LogP contribution < -0.4 is 4.74 Å². The van der Waals surface area contributed by atoms with Crippen LogP contribution in [0.2, 0.25) is 0 Å². The van der Waals surface area contributed by atoms with Gasteiger partial charge in [0.15, 0.2) is 11.5 Å². The zero-order valence-electron chi connectivity index (χ0n) is 18.8. The fourth-order valence-electron chi connectivity index (χ4n) is 4.65. The molecule has 2 aliphatic carbocycles. The highest BCUT2D eigenvalue weighted by molar-refractivity contribution is 5.66. The van der Waals surface area contributed by atoms with Gasteiger partial charge in [-0.3, -0.25) is 4.79 Å². The van der Waals surface area contributed by atoms with E-state index < -0.39 is 12.2 Å². The molecule has 0 unspecified atom stereocenters. The molecule has 0 spiro atoms. The lowest BCUT2D eigenvalue weighted by atomic mass is 9.85. The Morgan fingerprint density at radius 3 is 2.68 bits per heavy atom. The molecule has 1 fully saturated rings. The van der Waals surface area contributed by atoms with E-state index in [9.17, 15) is 15.0 Å². The van der Waals surface area contributed by atoms with Gasteiger partial charge in [0.1, 0.15) is 6.10 Å². The van der Waals surface area contributed by atoms with E-state index in [1.807, 2.05) is 12.1 Å². The highest BCUT2D eigenvalue weighted by Crippen LogP contribution is 2.33. The lowest BCUT2D eigenvalue weighted by Crippen LogP contribution is -2.32. The number of carbonyl (C=O) groups excluding carboxylic acids is 1. The minimum absolute atomic E-state index is 0.0365. The van der Waals surface area contributed by atoms with Crippen molar-refractivity contribution < 1.29 is 24.5 Å². The van der Waals surface area contributed by atoms with Crippen molar-refractivity contribution >= 4 is 5.97 Å². The van der Waals surface area contributed by atoms with Gasteiger partial charge in [0, 0.05) is 31.6 Å². The van der Waals surface area contributed by atoms with Crippen LogP contribution in [0.4, 0.5) is 0 Å². The second-order valence-corrected chi connectivity index (χ2v) is 9.04. The normalized spacial score (nSPS) is 27.2. The van der Waals surface area contributed by atoms with Gasteiger partial charge in [-0.1, -0.05) is 18.9 Å². The first kappa shape index (κ1) is 23.5. The van der Waals surface area contributed by atoms with Gasteiger partial charge in [-0.25, -0.2) is 0 Å². The average Bonchev–Trinajstić information content (AvgIpc) is 3.24. The molecule has 0 aliphatic heterocycles. The molecule has 5 nitrogen and oxygen atoms in total. The van der Waals surface area contributed by atoms with Gasteiger partial charge in [0.2, 0.25) is 0 Å². The number of ether oxygens (including phenoxy) is 2. The fraction of sp³-hybridized carbons (Fsp3) is 0.654. The number of benzene rings is 1. The second-order valence-electron chi connectivity index (χ2n) is 9.04. The molecule has 1 aromatic carbocycles. The Bertz CT molecular complexity index is 787. The topological polar surface area (TPSA) is 76.0 Å². The van der Waals surface area contributed by atoms with Crippen molar-refractivity contribution in [2.45, 2.75) is 96.4 Å². The molecule has 0 amide bonds. The minimum atomic E-state index is -0.512. The van der Waals surface area contributed by atoms with Crippen molar-refractivity contribution in [1.82, 2.24) is 0 Å². The standard InChI is InChI=1S/C26H36O5/c1-3-19-7-6-8-21(25(30-18(2)27)17-22(28)13-11-19)15-20-12-14-24(29)26(16-20)31-23-9-4-5-10-23/h12,14,16,19,21-23,25,28-29H,3-5,8-11,13,15,17H2,1-2H3/t19-,21-,22+,25+/m1/s1. The number of aromatic hydroxyl groups is 1. The van der Waals surface area contributed by atoms with Crippen LogP contribution in [-0.4, -0.2) is 34.5 Å². The Balaban J connectivity index is 1.81. The molecule has 1 saturated carbocycles. The Labute approximate surface area is 186 Å². The number of phenolic OH excluding ortho intramolecular Hbond substituents is 1. The van der Waals surface area contributed by atoms with E-state index in [2.05, 4.69) is 18.8 Å². The summed E-state index contributed by atoms with van der Waals surface area (Å²) in [6.07, 6.45) is 7.78. The van der Waals surface area contributed by atoms with Crippen LogP contribution in [0.15, 0.2) is 18.2 Å². The van der Waals surface area contributed by atoms with Crippen molar-refractivity contribution in [2.24, 2.45) is 11.8 Å². The van der Waals surface area contributed by atoms with E-state index in [1.165, 1.54) is 6.92 Å². The molecule has 170 valence electrons. The Kier molecular flexibility index (Phi) is 8.66. The van der Waals surface area contributed by atoms with E-state index in [0.717, 1.165) is 44.1 Å². The van der Waals surface area contributed by atoms with E-state index in [0.29, 0.717) is 37.4 Å². The number of hydrogen-bond acceptors (Lipinski definition) is 5. The molecular formula is C26H36O5. The zero-order chi connectivity index (χ0) is 22.2. The van der Waals surface area contributed by atoms with Crippen LogP contribution in [0, 0.1) is 23.7 Å². The van der Waals surface area contributed by atoms with Crippen LogP contribution in [0.1, 0.15) is 77.2 Å². The molecule has 0 heterocycles. The number of aliphatic hydroxyl groups excluding tert-OH is 1. The summed E-state index contributed by atoms with van der Waals surface area (Å²) in [5, 5.41) is 20.8. The number of aliphatic hydroxyl groups is 1. The van der Waals surface area contributed by atoms with Gasteiger partial charge in [0.25, 0.3) is 0 Å². The SMILES string of the molecule is CC[C@@H]1C#CC[C@H](Cc2ccc(O)c(OC3CCCC3)c2)[C@@H](OC(C)=O)C[C@@H](O)CC1. The molecular weight excluding hydrogens is 392 g/mol. The zero-order valence-corrected chi connectivity index (χ0v) is 18.8. The third kappa shape index (κ3) is 7.18. The highest BCUT2D eigenvalue weighted by atomic mass is 16.5. The Hall–Kier alpha value is -2.19. The summed E-state index contributed by atoms with van der Waals surface area (Å²) < 4.78 is 11.7. The van der Waals surface area contributed by atoms with Crippen molar-refractivity contribution in [3.63, 3.8) is 0 Å². The van der Waals surface area contributed by atoms with Crippen LogP contribution >= 0.6 is 0 Å². The van der Waals surface area contributed by atoms with Crippen molar-refractivity contribution in [3.05, 3.63) is 23.8 Å². The maximum atomic E-state index is 11.8. The summed E-state index contributed by atoms with van der Waals surface area (Å²) >= 11 is 0. The minimum Gasteiger partial charge on any atom is -0.504 e. The Morgan fingerprint density at radius 1 is 1.19 bits per heavy atom. The van der Waals surface area contributed by atoms with E-state index in [4.69, 9.17) is 9.47 Å². The van der Waals surface area contributed by atoms with Crippen molar-refractivity contribution in [2.75, 3.05) is 0 Å². The lowest BCUT2D eigenvalue weighted by molar-refractivity contribution is -0.150. The fourth-order valence-corrected chi connectivity index (χ4v) is 4.65. The van der Waals surface area contributed by atoms with Gasteiger partial charge in [0.05, 0.1) is 12.2 Å². The summed E-state index contributed by atoms with van der Waals surface area (Å²) in [6.45, 7) is 3.54. The lowest BCUT2D eigenvalue weighted by Gasteiger charge is -2.29. The number of esters is 1. The second kappa shape index (κ2) is 11.4. The first-order valence-electron chi connectivity index (χ1n) is 11.8. The number of carbonyl (C=O) groups is 1. The molecule has 2 N–H and O–H groups in total. The number of hydrogen-bond donors (Lipinski definition) is 2. The third-order valence-corrected chi connectivity index (χ3v) is 6.48. The van der Waals surface area contributed by atoms with Gasteiger partial charge in [-0.2, -0.15) is 0 Å². The molecule has 2 aliphatic rings. The first-order chi connectivity index (χ1) is 14.9. The summed E-state index contributed by atoms with van der Waals surface area (Å²) in [5.74, 6) is 7.27. The number of rotatable bonds is 6. The smallest absolute Gasteiger partial charge is 0.302 e. The summed E-state index contributed by atoms with van der Waals surface area (Å²) in [4.78, 5) is 11.8. The monoisotopic (exact) mass is 428 g/mol. The van der Waals surface area contributed by atoms with Gasteiger partial charge >= 0.3 is 5.97 Å². The van der Waals surface area contributed by atoms with E-state index >= 15 is 0 Å². The number of phenols is 1. The average molecular weight is 429 g/mol. The molecule has 3 rings (SSSR count). The van der Waals surface area contributed by atoms with Crippen LogP contribution in [0.25, 0.3) is 0 Å². The molecule has 0 saturated heterocycles. The van der Waals surface area contributed by atoms with Crippen LogP contribution in [-0.2, 0) is 16.0 Å². The summed E-state index contributed by atoms with van der Waals surface area (Å²) in [6, 6.07) is 5.46. The highest BCUT2D eigenvalue weighted by Gasteiger charge is 2.28. The Morgan fingerprint density at radius 2 is 1.97 bits per heavy atom. The maximum Gasteiger partial charge on any atom is 0.302 e. The molecule has 4 atom stereocenters. The molecule has 31 heavy (non-hydrogen) atoms. The van der Waals surface area contributed by atoms with Crippen molar-refractivity contribution in [3.8, 4) is 23.3 Å². The molecule has 0 bridgehead atoms. The molecule has 1 aromatic rings. The van der Waals surface area contributed by atoms with Gasteiger partial charge < -0.3 is 19.7 Å². The molecule has 5 heteroatoms. The maximum absolute atomic E-state index is 11.8. The summed E-state index contributed by atoms with van der Waals surface area (Å²) in [5.41, 5.74) is 1.01.